The van der Waals surface area contributed by atoms with Gasteiger partial charge in [-0.2, -0.15) is 0 Å². The van der Waals surface area contributed by atoms with Crippen LogP contribution in [0.4, 0.5) is 5.69 Å². The molecule has 0 aromatic heterocycles. The molecule has 2 heterocycles. The number of anilines is 1. The van der Waals surface area contributed by atoms with Crippen LogP contribution in [0, 0.1) is 0 Å². The molecule has 5 nitrogen and oxygen atoms in total. The standard InChI is InChI=1S/C12H12N2O3/c15-11-10-5-9(6-13-10)14(11)8-3-1-7(2-4-8)12(16)17/h1-4,9-10,13H,5-6H2,(H,16,17). The lowest BCUT2D eigenvalue weighted by atomic mass is 10.2. The van der Waals surface area contributed by atoms with Gasteiger partial charge in [0.1, 0.15) is 0 Å². The number of rotatable bonds is 2. The van der Waals surface area contributed by atoms with Crippen molar-refractivity contribution < 1.29 is 14.7 Å². The normalized spacial score (nSPS) is 26.6. The molecule has 2 fully saturated rings. The first-order valence-corrected chi connectivity index (χ1v) is 5.56. The average molecular weight is 232 g/mol. The lowest BCUT2D eigenvalue weighted by Gasteiger charge is -2.27. The van der Waals surface area contributed by atoms with Crippen molar-refractivity contribution in [2.45, 2.75) is 18.5 Å². The van der Waals surface area contributed by atoms with Gasteiger partial charge in [-0.15, -0.1) is 0 Å². The topological polar surface area (TPSA) is 69.6 Å². The van der Waals surface area contributed by atoms with E-state index in [0.717, 1.165) is 18.7 Å². The van der Waals surface area contributed by atoms with E-state index < -0.39 is 5.97 Å². The van der Waals surface area contributed by atoms with Gasteiger partial charge in [0.15, 0.2) is 0 Å². The Balaban J connectivity index is 1.90. The van der Waals surface area contributed by atoms with Gasteiger partial charge >= 0.3 is 5.97 Å². The first-order valence-electron chi connectivity index (χ1n) is 5.56. The molecule has 0 radical (unpaired) electrons. The molecule has 5 heteroatoms. The minimum Gasteiger partial charge on any atom is -0.478 e. The predicted molar refractivity (Wildman–Crippen MR) is 61.1 cm³/mol. The van der Waals surface area contributed by atoms with Crippen LogP contribution in [0.15, 0.2) is 24.3 Å². The van der Waals surface area contributed by atoms with Crippen molar-refractivity contribution in [3.63, 3.8) is 0 Å². The summed E-state index contributed by atoms with van der Waals surface area (Å²) in [4.78, 5) is 24.4. The van der Waals surface area contributed by atoms with Crippen LogP contribution < -0.4 is 10.2 Å². The van der Waals surface area contributed by atoms with Crippen LogP contribution >= 0.6 is 0 Å². The van der Waals surface area contributed by atoms with Crippen LogP contribution in [0.5, 0.6) is 0 Å². The second-order valence-electron chi connectivity index (χ2n) is 4.41. The molecule has 1 amide bonds. The molecule has 2 N–H and O–H groups in total. The Hall–Kier alpha value is -1.88. The number of nitrogens with one attached hydrogen (secondary N) is 1. The Labute approximate surface area is 98.0 Å². The van der Waals surface area contributed by atoms with Gasteiger partial charge in [0.2, 0.25) is 5.91 Å². The molecule has 1 aromatic carbocycles. The van der Waals surface area contributed by atoms with E-state index in [2.05, 4.69) is 5.32 Å². The lowest BCUT2D eigenvalue weighted by Crippen LogP contribution is -2.48. The molecule has 2 aliphatic heterocycles. The second kappa shape index (κ2) is 3.56. The summed E-state index contributed by atoms with van der Waals surface area (Å²) in [5.41, 5.74) is 1.03. The van der Waals surface area contributed by atoms with Crippen LogP contribution in [0.3, 0.4) is 0 Å². The maximum Gasteiger partial charge on any atom is 0.335 e. The fourth-order valence-corrected chi connectivity index (χ4v) is 2.55. The molecule has 3 rings (SSSR count). The molecule has 1 aromatic rings. The van der Waals surface area contributed by atoms with E-state index in [4.69, 9.17) is 5.11 Å². The molecule has 2 unspecified atom stereocenters. The number of nitrogens with zero attached hydrogens (tertiary/aromatic N) is 1. The van der Waals surface area contributed by atoms with E-state index in [1.807, 2.05) is 0 Å². The average Bonchev–Trinajstić information content (AvgIpc) is 2.89. The van der Waals surface area contributed by atoms with Crippen LogP contribution in [0.1, 0.15) is 16.8 Å². The molecule has 88 valence electrons. The summed E-state index contributed by atoms with van der Waals surface area (Å²) >= 11 is 0. The summed E-state index contributed by atoms with van der Waals surface area (Å²) in [6, 6.07) is 6.61. The van der Waals surface area contributed by atoms with E-state index in [0.29, 0.717) is 0 Å². The third kappa shape index (κ3) is 1.51. The molecule has 0 spiro atoms. The van der Waals surface area contributed by atoms with Crippen molar-refractivity contribution >= 4 is 17.6 Å². The highest BCUT2D eigenvalue weighted by atomic mass is 16.4. The summed E-state index contributed by atoms with van der Waals surface area (Å²) in [6.45, 7) is 0.817. The Bertz CT molecular complexity index is 483. The number of fused-ring (bicyclic) bond motifs is 2. The van der Waals surface area contributed by atoms with E-state index in [1.54, 1.807) is 17.0 Å². The van der Waals surface area contributed by atoms with Gasteiger partial charge in [0.25, 0.3) is 0 Å². The van der Waals surface area contributed by atoms with Crippen LogP contribution in [0.25, 0.3) is 0 Å². The van der Waals surface area contributed by atoms with Crippen molar-refractivity contribution in [3.8, 4) is 0 Å². The minimum atomic E-state index is -0.951. The largest absolute Gasteiger partial charge is 0.478 e. The van der Waals surface area contributed by atoms with Crippen LogP contribution in [0.2, 0.25) is 0 Å². The molecule has 0 aliphatic carbocycles. The van der Waals surface area contributed by atoms with Crippen molar-refractivity contribution in [2.75, 3.05) is 11.4 Å². The van der Waals surface area contributed by atoms with Crippen molar-refractivity contribution in [3.05, 3.63) is 29.8 Å². The molecule has 2 saturated heterocycles. The number of aromatic carboxylic acids is 1. The Morgan fingerprint density at radius 2 is 2.06 bits per heavy atom. The molecular formula is C12H12N2O3. The zero-order valence-corrected chi connectivity index (χ0v) is 9.09. The number of piperazine rings is 1. The third-order valence-electron chi connectivity index (χ3n) is 3.40. The van der Waals surface area contributed by atoms with Gasteiger partial charge < -0.3 is 15.3 Å². The van der Waals surface area contributed by atoms with Gasteiger partial charge in [-0.25, -0.2) is 4.79 Å². The smallest absolute Gasteiger partial charge is 0.335 e. The van der Waals surface area contributed by atoms with E-state index in [1.165, 1.54) is 12.1 Å². The molecule has 0 saturated carbocycles. The fourth-order valence-electron chi connectivity index (χ4n) is 2.55. The van der Waals surface area contributed by atoms with Crippen molar-refractivity contribution in [1.29, 1.82) is 0 Å². The second-order valence-corrected chi connectivity index (χ2v) is 4.41. The molecule has 2 aliphatic rings. The lowest BCUT2D eigenvalue weighted by molar-refractivity contribution is -0.119. The van der Waals surface area contributed by atoms with Gasteiger partial charge in [-0.1, -0.05) is 0 Å². The van der Waals surface area contributed by atoms with Gasteiger partial charge in [0.05, 0.1) is 17.6 Å². The number of hydrogen-bond donors (Lipinski definition) is 2. The van der Waals surface area contributed by atoms with Crippen molar-refractivity contribution in [1.82, 2.24) is 5.32 Å². The number of hydrogen-bond acceptors (Lipinski definition) is 3. The van der Waals surface area contributed by atoms with Gasteiger partial charge in [0, 0.05) is 12.2 Å². The summed E-state index contributed by atoms with van der Waals surface area (Å²) in [5, 5.41) is 12.0. The third-order valence-corrected chi connectivity index (χ3v) is 3.40. The van der Waals surface area contributed by atoms with Gasteiger partial charge in [-0.3, -0.25) is 4.79 Å². The SMILES string of the molecule is O=C(O)c1ccc(N2C(=O)C3CC2CN3)cc1. The van der Waals surface area contributed by atoms with E-state index in [9.17, 15) is 9.59 Å². The Kier molecular flexibility index (Phi) is 2.16. The first-order chi connectivity index (χ1) is 8.16. The molecule has 2 bridgehead atoms. The highest BCUT2D eigenvalue weighted by Gasteiger charge is 2.45. The maximum atomic E-state index is 11.9. The molecular weight excluding hydrogens is 220 g/mol. The molecule has 17 heavy (non-hydrogen) atoms. The number of amides is 1. The first kappa shape index (κ1) is 10.3. The summed E-state index contributed by atoms with van der Waals surface area (Å²) in [5.74, 6) is -0.864. The van der Waals surface area contributed by atoms with Gasteiger partial charge in [-0.05, 0) is 30.7 Å². The number of benzene rings is 1. The van der Waals surface area contributed by atoms with E-state index in [-0.39, 0.29) is 23.6 Å². The zero-order chi connectivity index (χ0) is 12.0. The summed E-state index contributed by atoms with van der Waals surface area (Å²) in [6.07, 6.45) is 0.847. The number of carboxylic acids is 1. The minimum absolute atomic E-state index is 0.0563. The highest BCUT2D eigenvalue weighted by molar-refractivity contribution is 6.01. The zero-order valence-electron chi connectivity index (χ0n) is 9.09. The highest BCUT2D eigenvalue weighted by Crippen LogP contribution is 2.30. The predicted octanol–water partition coefficient (Wildman–Crippen LogP) is 0.462. The summed E-state index contributed by atoms with van der Waals surface area (Å²) < 4.78 is 0. The summed E-state index contributed by atoms with van der Waals surface area (Å²) in [7, 11) is 0. The Morgan fingerprint density at radius 1 is 1.35 bits per heavy atom. The van der Waals surface area contributed by atoms with Crippen LogP contribution in [-0.2, 0) is 4.79 Å². The fraction of sp³-hybridized carbons (Fsp3) is 0.333. The quantitative estimate of drug-likeness (QED) is 0.777. The molecule has 2 atom stereocenters. The van der Waals surface area contributed by atoms with E-state index >= 15 is 0 Å². The number of carboxylic acid groups (broad SMARTS) is 1. The van der Waals surface area contributed by atoms with Crippen LogP contribution in [-0.4, -0.2) is 35.6 Å². The maximum absolute atomic E-state index is 11.9. The number of carbonyl (C=O) groups is 2. The Morgan fingerprint density at radius 3 is 2.59 bits per heavy atom. The monoisotopic (exact) mass is 232 g/mol. The number of carbonyl (C=O) groups excluding carboxylic acids is 1. The van der Waals surface area contributed by atoms with Crippen molar-refractivity contribution in [2.24, 2.45) is 0 Å².